The van der Waals surface area contributed by atoms with Gasteiger partial charge in [-0.3, -0.25) is 27.1 Å². The Kier molecular flexibility index (Phi) is 9.68. The molecular weight excluding hydrogens is 243 g/mol. The molecule has 6 N–H and O–H groups in total. The summed E-state index contributed by atoms with van der Waals surface area (Å²) >= 11 is 5.50. The van der Waals surface area contributed by atoms with Crippen LogP contribution in [0.3, 0.4) is 0 Å². The van der Waals surface area contributed by atoms with Crippen molar-refractivity contribution in [1.29, 1.82) is 0 Å². The molecule has 0 spiro atoms. The third kappa shape index (κ3) is 8.12. The van der Waals surface area contributed by atoms with Crippen molar-refractivity contribution in [1.82, 2.24) is 10.9 Å². The highest BCUT2D eigenvalue weighted by atomic mass is 35.5. The van der Waals surface area contributed by atoms with Crippen LogP contribution in [0.5, 0.6) is 0 Å². The summed E-state index contributed by atoms with van der Waals surface area (Å²) in [6.07, 6.45) is 0.170. The fourth-order valence-electron chi connectivity index (χ4n) is 0.757. The lowest BCUT2D eigenvalue weighted by atomic mass is 10.7. The fraction of sp³-hybridized carbons (Fsp3) is 1.00. The summed E-state index contributed by atoms with van der Waals surface area (Å²) in [7, 11) is -3.10. The standard InChI is InChI=1S/C6H18ClN4O3P/c7-1-6-15(12,13-4-2-10-8)14-5-3-11-9/h10-11H,1-6,8-9H2. The van der Waals surface area contributed by atoms with Crippen LogP contribution in [0.2, 0.25) is 0 Å². The van der Waals surface area contributed by atoms with Gasteiger partial charge in [-0.25, -0.2) is 0 Å². The third-order valence-electron chi connectivity index (χ3n) is 1.43. The average Bonchev–Trinajstić information content (AvgIpc) is 2.19. The maximum Gasteiger partial charge on any atom is 0.331 e. The van der Waals surface area contributed by atoms with Crippen molar-refractivity contribution >= 4 is 19.2 Å². The van der Waals surface area contributed by atoms with Crippen LogP contribution in [0.4, 0.5) is 0 Å². The van der Waals surface area contributed by atoms with E-state index in [9.17, 15) is 4.57 Å². The number of hydrogen-bond donors (Lipinski definition) is 4. The van der Waals surface area contributed by atoms with Gasteiger partial charge in [0.2, 0.25) is 0 Å². The Hall–Kier alpha value is 0.280. The maximum atomic E-state index is 11.9. The van der Waals surface area contributed by atoms with Gasteiger partial charge in [0.15, 0.2) is 0 Å². The first-order valence-electron chi connectivity index (χ1n) is 4.49. The maximum absolute atomic E-state index is 11.9. The van der Waals surface area contributed by atoms with Gasteiger partial charge in [0.25, 0.3) is 0 Å². The number of hydrazine groups is 2. The number of alkyl halides is 1. The molecule has 0 aromatic carbocycles. The molecular formula is C6H18ClN4O3P. The Labute approximate surface area is 94.3 Å². The molecule has 0 aliphatic heterocycles. The number of halogens is 1. The minimum Gasteiger partial charge on any atom is -0.307 e. The smallest absolute Gasteiger partial charge is 0.307 e. The molecule has 0 heterocycles. The zero-order chi connectivity index (χ0) is 11.6. The van der Waals surface area contributed by atoms with Gasteiger partial charge in [0, 0.05) is 19.0 Å². The summed E-state index contributed by atoms with van der Waals surface area (Å²) in [6.45, 7) is 1.21. The van der Waals surface area contributed by atoms with E-state index >= 15 is 0 Å². The summed E-state index contributed by atoms with van der Waals surface area (Å²) in [4.78, 5) is 0. The molecule has 0 saturated heterocycles. The van der Waals surface area contributed by atoms with E-state index in [0.29, 0.717) is 13.1 Å². The Morgan fingerprint density at radius 1 is 1.13 bits per heavy atom. The van der Waals surface area contributed by atoms with Crippen LogP contribution in [0.25, 0.3) is 0 Å². The zero-order valence-electron chi connectivity index (χ0n) is 8.45. The SMILES string of the molecule is NNCCOP(=O)(CCCl)OCCNN. The molecule has 0 bridgehead atoms. The molecule has 0 aromatic rings. The molecule has 92 valence electrons. The van der Waals surface area contributed by atoms with E-state index in [2.05, 4.69) is 10.9 Å². The van der Waals surface area contributed by atoms with Crippen LogP contribution in [-0.2, 0) is 13.6 Å². The quantitative estimate of drug-likeness (QED) is 0.136. The van der Waals surface area contributed by atoms with Gasteiger partial charge in [-0.15, -0.1) is 11.6 Å². The highest BCUT2D eigenvalue weighted by molar-refractivity contribution is 7.53. The molecule has 0 unspecified atom stereocenters. The molecule has 7 nitrogen and oxygen atoms in total. The van der Waals surface area contributed by atoms with Crippen LogP contribution < -0.4 is 22.5 Å². The second-order valence-electron chi connectivity index (χ2n) is 2.60. The highest BCUT2D eigenvalue weighted by Gasteiger charge is 2.23. The Morgan fingerprint density at radius 2 is 1.60 bits per heavy atom. The molecule has 0 atom stereocenters. The van der Waals surface area contributed by atoms with Crippen LogP contribution in [0, 0.1) is 0 Å². The lowest BCUT2D eigenvalue weighted by Crippen LogP contribution is -2.27. The number of rotatable bonds is 10. The minimum absolute atomic E-state index is 0.170. The van der Waals surface area contributed by atoms with Crippen LogP contribution in [0.15, 0.2) is 0 Å². The van der Waals surface area contributed by atoms with Crippen molar-refractivity contribution in [2.24, 2.45) is 11.7 Å². The van der Waals surface area contributed by atoms with Crippen molar-refractivity contribution in [2.45, 2.75) is 0 Å². The first-order chi connectivity index (χ1) is 7.18. The molecule has 0 aliphatic rings. The molecule has 15 heavy (non-hydrogen) atoms. The molecule has 0 amide bonds. The van der Waals surface area contributed by atoms with E-state index in [-0.39, 0.29) is 25.3 Å². The van der Waals surface area contributed by atoms with Crippen molar-refractivity contribution in [3.63, 3.8) is 0 Å². The van der Waals surface area contributed by atoms with Gasteiger partial charge in [0.1, 0.15) is 0 Å². The molecule has 0 aromatic heterocycles. The molecule has 0 rings (SSSR count). The molecule has 0 saturated carbocycles. The molecule has 9 heteroatoms. The van der Waals surface area contributed by atoms with E-state index < -0.39 is 7.60 Å². The van der Waals surface area contributed by atoms with Gasteiger partial charge < -0.3 is 9.05 Å². The predicted octanol–water partition coefficient (Wildman–Crippen LogP) is -0.622. The minimum atomic E-state index is -3.10. The summed E-state index contributed by atoms with van der Waals surface area (Å²) in [5.74, 6) is 10.3. The van der Waals surface area contributed by atoms with Gasteiger partial charge in [0.05, 0.1) is 19.4 Å². The van der Waals surface area contributed by atoms with E-state index in [4.69, 9.17) is 32.3 Å². The van der Waals surface area contributed by atoms with Crippen LogP contribution >= 0.6 is 19.2 Å². The average molecular weight is 261 g/mol. The first-order valence-corrected chi connectivity index (χ1v) is 6.76. The van der Waals surface area contributed by atoms with Crippen molar-refractivity contribution in [2.75, 3.05) is 38.3 Å². The monoisotopic (exact) mass is 260 g/mol. The van der Waals surface area contributed by atoms with Crippen LogP contribution in [-0.4, -0.2) is 38.3 Å². The Balaban J connectivity index is 3.89. The zero-order valence-corrected chi connectivity index (χ0v) is 10.1. The van der Waals surface area contributed by atoms with E-state index in [1.165, 1.54) is 0 Å². The lowest BCUT2D eigenvalue weighted by molar-refractivity contribution is 0.206. The van der Waals surface area contributed by atoms with Crippen molar-refractivity contribution in [3.05, 3.63) is 0 Å². The lowest BCUT2D eigenvalue weighted by Gasteiger charge is -2.17. The largest absolute Gasteiger partial charge is 0.331 e. The number of nitrogens with two attached hydrogens (primary N) is 2. The second-order valence-corrected chi connectivity index (χ2v) is 5.16. The first kappa shape index (κ1) is 15.3. The number of hydrogen-bond acceptors (Lipinski definition) is 7. The molecule has 0 aliphatic carbocycles. The third-order valence-corrected chi connectivity index (χ3v) is 3.80. The summed E-state index contributed by atoms with van der Waals surface area (Å²) in [5, 5.41) is 0. The number of nitrogens with one attached hydrogen (secondary N) is 2. The Bertz CT molecular complexity index is 183. The van der Waals surface area contributed by atoms with Gasteiger partial charge in [-0.1, -0.05) is 0 Å². The predicted molar refractivity (Wildman–Crippen MR) is 59.5 cm³/mol. The van der Waals surface area contributed by atoms with Crippen LogP contribution in [0.1, 0.15) is 0 Å². The topological polar surface area (TPSA) is 112 Å². The van der Waals surface area contributed by atoms with E-state index in [1.54, 1.807) is 0 Å². The summed E-state index contributed by atoms with van der Waals surface area (Å²) < 4.78 is 22.1. The fourth-order valence-corrected chi connectivity index (χ4v) is 2.66. The summed E-state index contributed by atoms with van der Waals surface area (Å²) in [6, 6.07) is 0. The summed E-state index contributed by atoms with van der Waals surface area (Å²) in [5.41, 5.74) is 4.77. The van der Waals surface area contributed by atoms with Crippen molar-refractivity contribution in [3.8, 4) is 0 Å². The molecule has 0 radical (unpaired) electrons. The normalized spacial score (nSPS) is 11.9. The molecule has 0 fully saturated rings. The highest BCUT2D eigenvalue weighted by Crippen LogP contribution is 2.47. The second kappa shape index (κ2) is 9.50. The van der Waals surface area contributed by atoms with Gasteiger partial charge >= 0.3 is 7.60 Å². The Morgan fingerprint density at radius 3 is 1.93 bits per heavy atom. The van der Waals surface area contributed by atoms with E-state index in [0.717, 1.165) is 0 Å². The van der Waals surface area contributed by atoms with Crippen molar-refractivity contribution < 1.29 is 13.6 Å². The van der Waals surface area contributed by atoms with Gasteiger partial charge in [-0.05, 0) is 0 Å². The van der Waals surface area contributed by atoms with E-state index in [1.807, 2.05) is 0 Å². The van der Waals surface area contributed by atoms with Gasteiger partial charge in [-0.2, -0.15) is 0 Å².